The molecule has 0 unspecified atom stereocenters. The number of amides is 1. The molecule has 1 aromatic rings. The smallest absolute Gasteiger partial charge is 0.272 e. The van der Waals surface area contributed by atoms with Gasteiger partial charge in [-0.3, -0.25) is 4.79 Å². The average Bonchev–Trinajstić information content (AvgIpc) is 2.29. The number of hydrogen-bond acceptors (Lipinski definition) is 4. The molecule has 1 aliphatic heterocycles. The van der Waals surface area contributed by atoms with E-state index in [-0.39, 0.29) is 5.91 Å². The standard InChI is InChI=1S/C10H14N4O/c1-8-6-9(13-7-12-8)10(15)14-4-2-11-3-5-14/h6-7,11H,2-5H2,1H3. The van der Waals surface area contributed by atoms with Crippen molar-refractivity contribution in [2.75, 3.05) is 26.2 Å². The van der Waals surface area contributed by atoms with E-state index in [1.165, 1.54) is 6.33 Å². The monoisotopic (exact) mass is 206 g/mol. The fourth-order valence-electron chi connectivity index (χ4n) is 1.60. The van der Waals surface area contributed by atoms with Crippen molar-refractivity contribution in [3.8, 4) is 0 Å². The molecule has 1 aromatic heterocycles. The van der Waals surface area contributed by atoms with Crippen LogP contribution in [0.15, 0.2) is 12.4 Å². The molecule has 5 heteroatoms. The Bertz CT molecular complexity index is 360. The quantitative estimate of drug-likeness (QED) is 0.693. The molecule has 0 spiro atoms. The summed E-state index contributed by atoms with van der Waals surface area (Å²) in [4.78, 5) is 21.7. The van der Waals surface area contributed by atoms with Gasteiger partial charge in [-0.25, -0.2) is 9.97 Å². The number of rotatable bonds is 1. The molecule has 1 amide bonds. The summed E-state index contributed by atoms with van der Waals surface area (Å²) in [5, 5.41) is 3.21. The Morgan fingerprint density at radius 2 is 2.13 bits per heavy atom. The van der Waals surface area contributed by atoms with Crippen LogP contribution in [0.4, 0.5) is 0 Å². The Hall–Kier alpha value is -1.49. The predicted octanol–water partition coefficient (Wildman–Crippen LogP) is -0.170. The molecule has 15 heavy (non-hydrogen) atoms. The van der Waals surface area contributed by atoms with Crippen molar-refractivity contribution < 1.29 is 4.79 Å². The molecular formula is C10H14N4O. The van der Waals surface area contributed by atoms with Gasteiger partial charge in [0.05, 0.1) is 0 Å². The Morgan fingerprint density at radius 1 is 1.40 bits per heavy atom. The minimum Gasteiger partial charge on any atom is -0.335 e. The van der Waals surface area contributed by atoms with Gasteiger partial charge in [0, 0.05) is 31.9 Å². The van der Waals surface area contributed by atoms with Crippen LogP contribution in [0.3, 0.4) is 0 Å². The molecule has 80 valence electrons. The minimum absolute atomic E-state index is 0.00185. The van der Waals surface area contributed by atoms with Crippen LogP contribution >= 0.6 is 0 Å². The van der Waals surface area contributed by atoms with E-state index in [9.17, 15) is 4.79 Å². The van der Waals surface area contributed by atoms with Crippen LogP contribution < -0.4 is 5.32 Å². The van der Waals surface area contributed by atoms with Gasteiger partial charge in [-0.2, -0.15) is 0 Å². The van der Waals surface area contributed by atoms with Gasteiger partial charge < -0.3 is 10.2 Å². The summed E-state index contributed by atoms with van der Waals surface area (Å²) in [5.41, 5.74) is 1.31. The Balaban J connectivity index is 2.12. The van der Waals surface area contributed by atoms with Crippen molar-refractivity contribution in [2.45, 2.75) is 6.92 Å². The molecule has 0 aromatic carbocycles. The fraction of sp³-hybridized carbons (Fsp3) is 0.500. The molecule has 0 saturated carbocycles. The molecule has 1 saturated heterocycles. The Kier molecular flexibility index (Phi) is 2.91. The van der Waals surface area contributed by atoms with Crippen molar-refractivity contribution in [3.05, 3.63) is 23.8 Å². The molecule has 5 nitrogen and oxygen atoms in total. The van der Waals surface area contributed by atoms with E-state index in [1.54, 1.807) is 6.07 Å². The zero-order valence-electron chi connectivity index (χ0n) is 8.73. The molecular weight excluding hydrogens is 192 g/mol. The maximum atomic E-state index is 12.0. The third kappa shape index (κ3) is 2.30. The van der Waals surface area contributed by atoms with E-state index < -0.39 is 0 Å². The highest BCUT2D eigenvalue weighted by Gasteiger charge is 2.18. The summed E-state index contributed by atoms with van der Waals surface area (Å²) in [5.74, 6) is 0.00185. The molecule has 0 atom stereocenters. The molecule has 0 bridgehead atoms. The highest BCUT2D eigenvalue weighted by molar-refractivity contribution is 5.92. The summed E-state index contributed by atoms with van der Waals surface area (Å²) in [6, 6.07) is 1.73. The summed E-state index contributed by atoms with van der Waals surface area (Å²) in [6.07, 6.45) is 1.44. The SMILES string of the molecule is Cc1cc(C(=O)N2CCNCC2)ncn1. The maximum Gasteiger partial charge on any atom is 0.272 e. The summed E-state index contributed by atoms with van der Waals surface area (Å²) < 4.78 is 0. The molecule has 1 aliphatic rings. The van der Waals surface area contributed by atoms with Crippen LogP contribution in [0.1, 0.15) is 16.2 Å². The Morgan fingerprint density at radius 3 is 2.80 bits per heavy atom. The molecule has 1 N–H and O–H groups in total. The molecule has 1 fully saturated rings. The van der Waals surface area contributed by atoms with Crippen LogP contribution in [0.25, 0.3) is 0 Å². The van der Waals surface area contributed by atoms with Crippen LogP contribution in [-0.4, -0.2) is 47.0 Å². The molecule has 0 aliphatic carbocycles. The lowest BCUT2D eigenvalue weighted by Gasteiger charge is -2.27. The molecule has 0 radical (unpaired) electrons. The van der Waals surface area contributed by atoms with Gasteiger partial charge in [0.25, 0.3) is 5.91 Å². The molecule has 2 heterocycles. The summed E-state index contributed by atoms with van der Waals surface area (Å²) in [6.45, 7) is 5.07. The number of aromatic nitrogens is 2. The van der Waals surface area contributed by atoms with Crippen molar-refractivity contribution in [2.24, 2.45) is 0 Å². The number of aryl methyl sites for hydroxylation is 1. The summed E-state index contributed by atoms with van der Waals surface area (Å²) >= 11 is 0. The Labute approximate surface area is 88.5 Å². The van der Waals surface area contributed by atoms with Gasteiger partial charge in [-0.15, -0.1) is 0 Å². The van der Waals surface area contributed by atoms with Gasteiger partial charge >= 0.3 is 0 Å². The first-order valence-electron chi connectivity index (χ1n) is 5.06. The lowest BCUT2D eigenvalue weighted by molar-refractivity contribution is 0.0729. The minimum atomic E-state index is 0.00185. The highest BCUT2D eigenvalue weighted by Crippen LogP contribution is 2.03. The second kappa shape index (κ2) is 4.35. The van der Waals surface area contributed by atoms with Gasteiger partial charge in [-0.05, 0) is 13.0 Å². The van der Waals surface area contributed by atoms with E-state index in [4.69, 9.17) is 0 Å². The zero-order chi connectivity index (χ0) is 10.7. The normalized spacial score (nSPS) is 16.5. The number of hydrogen-bond donors (Lipinski definition) is 1. The van der Waals surface area contributed by atoms with Crippen molar-refractivity contribution >= 4 is 5.91 Å². The van der Waals surface area contributed by atoms with E-state index in [0.717, 1.165) is 31.9 Å². The first-order chi connectivity index (χ1) is 7.27. The van der Waals surface area contributed by atoms with Gasteiger partial charge in [0.2, 0.25) is 0 Å². The van der Waals surface area contributed by atoms with Crippen LogP contribution in [0.5, 0.6) is 0 Å². The third-order valence-corrected chi connectivity index (χ3v) is 2.43. The second-order valence-electron chi connectivity index (χ2n) is 3.59. The number of nitrogens with one attached hydrogen (secondary N) is 1. The number of carbonyl (C=O) groups is 1. The zero-order valence-corrected chi connectivity index (χ0v) is 8.73. The third-order valence-electron chi connectivity index (χ3n) is 2.43. The van der Waals surface area contributed by atoms with Gasteiger partial charge in [0.15, 0.2) is 0 Å². The van der Waals surface area contributed by atoms with Crippen molar-refractivity contribution in [1.29, 1.82) is 0 Å². The van der Waals surface area contributed by atoms with Crippen molar-refractivity contribution in [3.63, 3.8) is 0 Å². The van der Waals surface area contributed by atoms with Crippen molar-refractivity contribution in [1.82, 2.24) is 20.2 Å². The first kappa shape index (κ1) is 10.0. The maximum absolute atomic E-state index is 12.0. The van der Waals surface area contributed by atoms with Crippen LogP contribution in [0.2, 0.25) is 0 Å². The molecule has 2 rings (SSSR count). The van der Waals surface area contributed by atoms with Gasteiger partial charge in [-0.1, -0.05) is 0 Å². The van der Waals surface area contributed by atoms with E-state index in [2.05, 4.69) is 15.3 Å². The summed E-state index contributed by atoms with van der Waals surface area (Å²) in [7, 11) is 0. The average molecular weight is 206 g/mol. The van der Waals surface area contributed by atoms with E-state index >= 15 is 0 Å². The topological polar surface area (TPSA) is 58.1 Å². The fourth-order valence-corrected chi connectivity index (χ4v) is 1.60. The number of nitrogens with zero attached hydrogens (tertiary/aromatic N) is 3. The lowest BCUT2D eigenvalue weighted by atomic mass is 10.2. The van der Waals surface area contributed by atoms with E-state index in [0.29, 0.717) is 5.69 Å². The first-order valence-corrected chi connectivity index (χ1v) is 5.06. The highest BCUT2D eigenvalue weighted by atomic mass is 16.2. The number of piperazine rings is 1. The predicted molar refractivity (Wildman–Crippen MR) is 55.5 cm³/mol. The largest absolute Gasteiger partial charge is 0.335 e. The van der Waals surface area contributed by atoms with Crippen LogP contribution in [0, 0.1) is 6.92 Å². The second-order valence-corrected chi connectivity index (χ2v) is 3.59. The van der Waals surface area contributed by atoms with Gasteiger partial charge in [0.1, 0.15) is 12.0 Å². The lowest BCUT2D eigenvalue weighted by Crippen LogP contribution is -2.46. The van der Waals surface area contributed by atoms with E-state index in [1.807, 2.05) is 11.8 Å². The van der Waals surface area contributed by atoms with Crippen LogP contribution in [-0.2, 0) is 0 Å². The number of carbonyl (C=O) groups excluding carboxylic acids is 1.